The number of ether oxygens (including phenoxy) is 1. The molecule has 2 aliphatic heterocycles. The van der Waals surface area contributed by atoms with Crippen LogP contribution in [0.15, 0.2) is 23.3 Å². The Hall–Kier alpha value is -2.42. The second-order valence-corrected chi connectivity index (χ2v) is 6.15. The number of nitrogens with one attached hydrogen (secondary N) is 2. The van der Waals surface area contributed by atoms with Gasteiger partial charge in [-0.3, -0.25) is 4.90 Å². The lowest BCUT2D eigenvalue weighted by atomic mass is 10.2. The molecule has 3 rings (SSSR count). The van der Waals surface area contributed by atoms with E-state index in [2.05, 4.69) is 15.8 Å². The van der Waals surface area contributed by atoms with E-state index in [0.717, 1.165) is 0 Å². The summed E-state index contributed by atoms with van der Waals surface area (Å²) in [5.41, 5.74) is 3.70. The topological polar surface area (TPSA) is 69.2 Å². The second kappa shape index (κ2) is 7.00. The van der Waals surface area contributed by atoms with Crippen LogP contribution in [0.25, 0.3) is 0 Å². The first-order chi connectivity index (χ1) is 11.5. The quantitative estimate of drug-likeness (QED) is 0.800. The molecule has 2 heterocycles. The van der Waals surface area contributed by atoms with E-state index in [-0.39, 0.29) is 6.10 Å². The molecule has 1 atom stereocenters. The number of nitrogens with zero attached hydrogens (tertiary/aromatic N) is 3. The van der Waals surface area contributed by atoms with Crippen LogP contribution in [0.2, 0.25) is 0 Å². The average Bonchev–Trinajstić information content (AvgIpc) is 2.94. The smallest absolute Gasteiger partial charge is 0.414 e. The highest BCUT2D eigenvalue weighted by Gasteiger charge is 2.32. The van der Waals surface area contributed by atoms with Crippen LogP contribution in [0, 0.1) is 5.82 Å². The second-order valence-electron chi connectivity index (χ2n) is 5.54. The van der Waals surface area contributed by atoms with Crippen molar-refractivity contribution >= 4 is 41.0 Å². The summed E-state index contributed by atoms with van der Waals surface area (Å²) >= 11 is 4.94. The molecule has 1 fully saturated rings. The summed E-state index contributed by atoms with van der Waals surface area (Å²) < 4.78 is 19.7. The maximum atomic E-state index is 14.4. The zero-order valence-corrected chi connectivity index (χ0v) is 14.0. The fraction of sp³-hybridized carbons (Fsp3) is 0.400. The van der Waals surface area contributed by atoms with E-state index >= 15 is 0 Å². The zero-order valence-electron chi connectivity index (χ0n) is 13.2. The summed E-state index contributed by atoms with van der Waals surface area (Å²) in [5.74, 6) is -0.412. The van der Waals surface area contributed by atoms with E-state index in [1.807, 2.05) is 0 Å². The number of anilines is 2. The van der Waals surface area contributed by atoms with Crippen LogP contribution >= 0.6 is 12.2 Å². The number of hydrogen-bond donors (Lipinski definition) is 2. The van der Waals surface area contributed by atoms with Crippen molar-refractivity contribution in [2.45, 2.75) is 13.0 Å². The Morgan fingerprint density at radius 1 is 1.58 bits per heavy atom. The van der Waals surface area contributed by atoms with Gasteiger partial charge in [-0.1, -0.05) is 12.2 Å². The minimum absolute atomic E-state index is 0.321. The Kier molecular flexibility index (Phi) is 4.79. The van der Waals surface area contributed by atoms with Gasteiger partial charge in [0, 0.05) is 6.54 Å². The number of halogens is 1. The molecule has 0 saturated carbocycles. The number of hydrogen-bond acceptors (Lipinski definition) is 6. The van der Waals surface area contributed by atoms with Crippen molar-refractivity contribution in [3.05, 3.63) is 24.0 Å². The summed E-state index contributed by atoms with van der Waals surface area (Å²) in [6.45, 7) is 3.81. The van der Waals surface area contributed by atoms with E-state index < -0.39 is 11.9 Å². The number of amides is 1. The van der Waals surface area contributed by atoms with Crippen molar-refractivity contribution in [2.24, 2.45) is 5.10 Å². The van der Waals surface area contributed by atoms with Crippen LogP contribution in [0.1, 0.15) is 6.92 Å². The number of thiocarbonyl (C=S) groups is 1. The number of carbonyl (C=O) groups is 1. The number of carbonyl (C=O) groups excluding carboxylic acids is 1. The first-order valence-corrected chi connectivity index (χ1v) is 8.00. The predicted octanol–water partition coefficient (Wildman–Crippen LogP) is 1.44. The minimum Gasteiger partial charge on any atom is -0.442 e. The van der Waals surface area contributed by atoms with Crippen molar-refractivity contribution in [1.82, 2.24) is 10.7 Å². The SMILES string of the molecule is CC(=S)NC[C@H]1CN(c2ccc(N3C=NNCC3)c(F)c2)C(=O)O1. The van der Waals surface area contributed by atoms with Crippen molar-refractivity contribution < 1.29 is 13.9 Å². The van der Waals surface area contributed by atoms with Crippen LogP contribution in [0.4, 0.5) is 20.6 Å². The molecule has 2 aliphatic rings. The molecule has 0 radical (unpaired) electrons. The molecule has 1 aromatic carbocycles. The average molecular weight is 351 g/mol. The van der Waals surface area contributed by atoms with Gasteiger partial charge >= 0.3 is 6.09 Å². The standard InChI is InChI=1S/C15H18FN5O2S/c1-10(24)17-7-12-8-21(15(22)23-12)11-2-3-14(13(16)6-11)20-5-4-18-19-9-20/h2-3,6,9,12,18H,4-5,7-8H2,1H3,(H,17,24)/t12-/m0/s1. The van der Waals surface area contributed by atoms with Crippen molar-refractivity contribution in [3.8, 4) is 0 Å². The third-order valence-electron chi connectivity index (χ3n) is 3.76. The Morgan fingerprint density at radius 3 is 3.08 bits per heavy atom. The fourth-order valence-corrected chi connectivity index (χ4v) is 2.66. The van der Waals surface area contributed by atoms with Gasteiger partial charge < -0.3 is 20.4 Å². The van der Waals surface area contributed by atoms with E-state index in [4.69, 9.17) is 17.0 Å². The van der Waals surface area contributed by atoms with Gasteiger partial charge in [-0.2, -0.15) is 5.10 Å². The van der Waals surface area contributed by atoms with Gasteiger partial charge in [0.1, 0.15) is 18.3 Å². The third-order valence-corrected chi connectivity index (χ3v) is 3.90. The molecule has 24 heavy (non-hydrogen) atoms. The zero-order chi connectivity index (χ0) is 17.1. The van der Waals surface area contributed by atoms with Gasteiger partial charge in [-0.05, 0) is 25.1 Å². The van der Waals surface area contributed by atoms with Crippen molar-refractivity contribution in [1.29, 1.82) is 0 Å². The molecule has 1 amide bonds. The van der Waals surface area contributed by atoms with Crippen LogP contribution < -0.4 is 20.5 Å². The first-order valence-electron chi connectivity index (χ1n) is 7.59. The maximum absolute atomic E-state index is 14.4. The normalized spacial score (nSPS) is 19.9. The number of rotatable bonds is 4. The van der Waals surface area contributed by atoms with E-state index in [1.165, 1.54) is 11.0 Å². The van der Waals surface area contributed by atoms with Gasteiger partial charge in [0.05, 0.1) is 36.0 Å². The largest absolute Gasteiger partial charge is 0.442 e. The molecule has 0 unspecified atom stereocenters. The molecule has 0 bridgehead atoms. The maximum Gasteiger partial charge on any atom is 0.414 e. The molecule has 2 N–H and O–H groups in total. The Balaban J connectivity index is 1.72. The summed E-state index contributed by atoms with van der Waals surface area (Å²) in [5, 5.41) is 6.88. The van der Waals surface area contributed by atoms with Crippen LogP contribution in [0.5, 0.6) is 0 Å². The molecule has 7 nitrogen and oxygen atoms in total. The van der Waals surface area contributed by atoms with Crippen LogP contribution in [-0.4, -0.2) is 49.7 Å². The van der Waals surface area contributed by atoms with Gasteiger partial charge in [-0.25, -0.2) is 9.18 Å². The Morgan fingerprint density at radius 2 is 2.42 bits per heavy atom. The highest BCUT2D eigenvalue weighted by molar-refractivity contribution is 7.80. The highest BCUT2D eigenvalue weighted by Crippen LogP contribution is 2.27. The van der Waals surface area contributed by atoms with E-state index in [0.29, 0.717) is 42.5 Å². The molecular formula is C15H18FN5O2S. The monoisotopic (exact) mass is 351 g/mol. The molecule has 128 valence electrons. The number of cyclic esters (lactones) is 1. The molecular weight excluding hydrogens is 333 g/mol. The summed E-state index contributed by atoms with van der Waals surface area (Å²) in [4.78, 5) is 15.8. The molecule has 0 aliphatic carbocycles. The van der Waals surface area contributed by atoms with Gasteiger partial charge in [0.25, 0.3) is 0 Å². The lowest BCUT2D eigenvalue weighted by Gasteiger charge is -2.24. The summed E-state index contributed by atoms with van der Waals surface area (Å²) in [7, 11) is 0. The summed E-state index contributed by atoms with van der Waals surface area (Å²) in [6.07, 6.45) is 0.735. The van der Waals surface area contributed by atoms with Gasteiger partial charge in [0.2, 0.25) is 0 Å². The van der Waals surface area contributed by atoms with Gasteiger partial charge in [-0.15, -0.1) is 0 Å². The Bertz CT molecular complexity index is 684. The molecule has 1 saturated heterocycles. The van der Waals surface area contributed by atoms with E-state index in [9.17, 15) is 9.18 Å². The lowest BCUT2D eigenvalue weighted by Crippen LogP contribution is -2.35. The summed E-state index contributed by atoms with van der Waals surface area (Å²) in [6, 6.07) is 4.69. The molecule has 0 aromatic heterocycles. The van der Waals surface area contributed by atoms with Crippen molar-refractivity contribution in [3.63, 3.8) is 0 Å². The van der Waals surface area contributed by atoms with Crippen LogP contribution in [-0.2, 0) is 4.74 Å². The third kappa shape index (κ3) is 3.56. The predicted molar refractivity (Wildman–Crippen MR) is 94.1 cm³/mol. The number of hydrazone groups is 1. The molecule has 0 spiro atoms. The molecule has 9 heteroatoms. The van der Waals surface area contributed by atoms with Gasteiger partial charge in [0.15, 0.2) is 0 Å². The van der Waals surface area contributed by atoms with Crippen LogP contribution in [0.3, 0.4) is 0 Å². The molecule has 1 aromatic rings. The first kappa shape index (κ1) is 16.4. The lowest BCUT2D eigenvalue weighted by molar-refractivity contribution is 0.143. The minimum atomic E-state index is -0.486. The van der Waals surface area contributed by atoms with E-state index in [1.54, 1.807) is 30.3 Å². The van der Waals surface area contributed by atoms with Crippen molar-refractivity contribution in [2.75, 3.05) is 36.0 Å². The fourth-order valence-electron chi connectivity index (χ4n) is 2.58. The Labute approximate surface area is 144 Å². The number of benzene rings is 1. The highest BCUT2D eigenvalue weighted by atomic mass is 32.1.